The Morgan fingerprint density at radius 1 is 1.28 bits per heavy atom. The van der Waals surface area contributed by atoms with E-state index in [1.807, 2.05) is 25.1 Å². The number of carbonyl (C=O) groups excluding carboxylic acids is 1. The molecule has 2 heterocycles. The van der Waals surface area contributed by atoms with Gasteiger partial charge in [0.1, 0.15) is 0 Å². The average molecular weight is 263 g/mol. The highest BCUT2D eigenvalue weighted by Gasteiger charge is 2.13. The fourth-order valence-electron chi connectivity index (χ4n) is 1.41. The summed E-state index contributed by atoms with van der Waals surface area (Å²) in [6, 6.07) is 8.38. The lowest BCUT2D eigenvalue weighted by molar-refractivity contribution is 0.0933. The number of aromatic nitrogens is 3. The summed E-state index contributed by atoms with van der Waals surface area (Å²) < 4.78 is 0. The molecular formula is C12H11ClN4O. The molecule has 1 unspecified atom stereocenters. The Balaban J connectivity index is 2.06. The largest absolute Gasteiger partial charge is 0.343 e. The van der Waals surface area contributed by atoms with E-state index < -0.39 is 0 Å². The zero-order chi connectivity index (χ0) is 13.0. The highest BCUT2D eigenvalue weighted by Crippen LogP contribution is 2.09. The first kappa shape index (κ1) is 12.4. The van der Waals surface area contributed by atoms with Crippen molar-refractivity contribution in [1.29, 1.82) is 0 Å². The van der Waals surface area contributed by atoms with Crippen LogP contribution in [0.2, 0.25) is 5.15 Å². The third kappa shape index (κ3) is 3.01. The summed E-state index contributed by atoms with van der Waals surface area (Å²) in [7, 11) is 0. The minimum Gasteiger partial charge on any atom is -0.343 e. The van der Waals surface area contributed by atoms with Crippen molar-refractivity contribution in [2.75, 3.05) is 0 Å². The van der Waals surface area contributed by atoms with Gasteiger partial charge in [-0.25, -0.2) is 0 Å². The first-order valence-electron chi connectivity index (χ1n) is 5.38. The fourth-order valence-corrected chi connectivity index (χ4v) is 1.51. The van der Waals surface area contributed by atoms with E-state index in [2.05, 4.69) is 20.5 Å². The molecule has 0 aromatic carbocycles. The van der Waals surface area contributed by atoms with Crippen LogP contribution in [-0.4, -0.2) is 21.1 Å². The highest BCUT2D eigenvalue weighted by molar-refractivity contribution is 6.29. The van der Waals surface area contributed by atoms with Crippen LogP contribution in [0.25, 0.3) is 0 Å². The van der Waals surface area contributed by atoms with Gasteiger partial charge in [-0.3, -0.25) is 9.78 Å². The number of amides is 1. The Morgan fingerprint density at radius 2 is 2.11 bits per heavy atom. The molecule has 2 rings (SSSR count). The average Bonchev–Trinajstić information content (AvgIpc) is 2.40. The lowest BCUT2D eigenvalue weighted by Crippen LogP contribution is -2.28. The van der Waals surface area contributed by atoms with E-state index in [0.717, 1.165) is 5.69 Å². The first-order chi connectivity index (χ1) is 8.66. The van der Waals surface area contributed by atoms with Crippen LogP contribution in [0.1, 0.15) is 29.1 Å². The lowest BCUT2D eigenvalue weighted by atomic mass is 10.2. The molecule has 18 heavy (non-hydrogen) atoms. The summed E-state index contributed by atoms with van der Waals surface area (Å²) in [5.74, 6) is -0.308. The molecule has 1 N–H and O–H groups in total. The number of nitrogens with one attached hydrogen (secondary N) is 1. The Bertz CT molecular complexity index is 530. The van der Waals surface area contributed by atoms with Gasteiger partial charge in [-0.05, 0) is 31.2 Å². The predicted molar refractivity (Wildman–Crippen MR) is 67.2 cm³/mol. The summed E-state index contributed by atoms with van der Waals surface area (Å²) in [6.45, 7) is 1.85. The first-order valence-corrected chi connectivity index (χ1v) is 5.75. The molecule has 5 nitrogen and oxygen atoms in total. The molecular weight excluding hydrogens is 252 g/mol. The van der Waals surface area contributed by atoms with Crippen molar-refractivity contribution in [3.05, 3.63) is 53.1 Å². The zero-order valence-corrected chi connectivity index (χ0v) is 10.4. The van der Waals surface area contributed by atoms with Crippen molar-refractivity contribution in [3.8, 4) is 0 Å². The highest BCUT2D eigenvalue weighted by atomic mass is 35.5. The molecule has 0 fully saturated rings. The van der Waals surface area contributed by atoms with Crippen LogP contribution in [0.4, 0.5) is 0 Å². The minimum atomic E-state index is -0.308. The quantitative estimate of drug-likeness (QED) is 0.919. The van der Waals surface area contributed by atoms with Gasteiger partial charge < -0.3 is 5.32 Å². The van der Waals surface area contributed by atoms with Crippen LogP contribution in [0.15, 0.2) is 36.5 Å². The molecule has 0 spiro atoms. The minimum absolute atomic E-state index is 0.198. The molecule has 0 saturated heterocycles. The predicted octanol–water partition coefficient (Wildman–Crippen LogP) is 2.02. The van der Waals surface area contributed by atoms with Gasteiger partial charge in [0.05, 0.1) is 11.7 Å². The van der Waals surface area contributed by atoms with E-state index in [9.17, 15) is 4.79 Å². The third-order valence-corrected chi connectivity index (χ3v) is 2.55. The van der Waals surface area contributed by atoms with Crippen LogP contribution >= 0.6 is 11.6 Å². The summed E-state index contributed by atoms with van der Waals surface area (Å²) in [6.07, 6.45) is 1.68. The van der Waals surface area contributed by atoms with Crippen LogP contribution in [0, 0.1) is 0 Å². The van der Waals surface area contributed by atoms with Gasteiger partial charge in [-0.15, -0.1) is 10.2 Å². The Kier molecular flexibility index (Phi) is 3.84. The van der Waals surface area contributed by atoms with E-state index in [1.54, 1.807) is 6.20 Å². The molecule has 92 valence electrons. The monoisotopic (exact) mass is 262 g/mol. The van der Waals surface area contributed by atoms with E-state index in [4.69, 9.17) is 11.6 Å². The number of carbonyl (C=O) groups is 1. The smallest absolute Gasteiger partial charge is 0.272 e. The van der Waals surface area contributed by atoms with Gasteiger partial charge >= 0.3 is 0 Å². The molecule has 0 saturated carbocycles. The van der Waals surface area contributed by atoms with Gasteiger partial charge in [-0.1, -0.05) is 17.7 Å². The number of hydrogen-bond acceptors (Lipinski definition) is 4. The second-order valence-electron chi connectivity index (χ2n) is 3.69. The fraction of sp³-hybridized carbons (Fsp3) is 0.167. The topological polar surface area (TPSA) is 67.8 Å². The van der Waals surface area contributed by atoms with Crippen molar-refractivity contribution in [3.63, 3.8) is 0 Å². The van der Waals surface area contributed by atoms with Crippen LogP contribution in [0.3, 0.4) is 0 Å². The molecule has 1 amide bonds. The van der Waals surface area contributed by atoms with Crippen molar-refractivity contribution in [1.82, 2.24) is 20.5 Å². The normalized spacial score (nSPS) is 11.9. The SMILES string of the molecule is CC(NC(=O)c1ccc(Cl)nn1)c1ccccn1. The molecule has 1 atom stereocenters. The number of rotatable bonds is 3. The molecule has 2 aromatic rings. The Hall–Kier alpha value is -2.01. The Morgan fingerprint density at radius 3 is 2.72 bits per heavy atom. The lowest BCUT2D eigenvalue weighted by Gasteiger charge is -2.12. The van der Waals surface area contributed by atoms with Crippen molar-refractivity contribution in [2.24, 2.45) is 0 Å². The van der Waals surface area contributed by atoms with Crippen LogP contribution in [0.5, 0.6) is 0 Å². The molecule has 0 aliphatic heterocycles. The summed E-state index contributed by atoms with van der Waals surface area (Å²) >= 11 is 5.60. The zero-order valence-electron chi connectivity index (χ0n) is 9.67. The standard InChI is InChI=1S/C12H11ClN4O/c1-8(9-4-2-3-7-14-9)15-12(18)10-5-6-11(13)17-16-10/h2-8H,1H3,(H,15,18). The second kappa shape index (κ2) is 5.55. The molecule has 0 aliphatic carbocycles. The number of nitrogens with zero attached hydrogens (tertiary/aromatic N) is 3. The third-order valence-electron chi connectivity index (χ3n) is 2.34. The van der Waals surface area contributed by atoms with Gasteiger partial charge in [0, 0.05) is 6.20 Å². The van der Waals surface area contributed by atoms with E-state index in [0.29, 0.717) is 0 Å². The Labute approximate surface area is 109 Å². The second-order valence-corrected chi connectivity index (χ2v) is 4.08. The van der Waals surface area contributed by atoms with Crippen LogP contribution < -0.4 is 5.32 Å². The summed E-state index contributed by atoms with van der Waals surface area (Å²) in [5.41, 5.74) is 1.01. The van der Waals surface area contributed by atoms with Crippen molar-refractivity contribution < 1.29 is 4.79 Å². The van der Waals surface area contributed by atoms with Gasteiger partial charge in [0.15, 0.2) is 10.8 Å². The number of hydrogen-bond donors (Lipinski definition) is 1. The van der Waals surface area contributed by atoms with E-state index in [-0.39, 0.29) is 22.8 Å². The van der Waals surface area contributed by atoms with Gasteiger partial charge in [0.2, 0.25) is 0 Å². The maximum Gasteiger partial charge on any atom is 0.272 e. The van der Waals surface area contributed by atoms with E-state index in [1.165, 1.54) is 12.1 Å². The van der Waals surface area contributed by atoms with Gasteiger partial charge in [0.25, 0.3) is 5.91 Å². The van der Waals surface area contributed by atoms with Gasteiger partial charge in [-0.2, -0.15) is 0 Å². The molecule has 0 aliphatic rings. The number of pyridine rings is 1. The summed E-state index contributed by atoms with van der Waals surface area (Å²) in [4.78, 5) is 16.0. The van der Waals surface area contributed by atoms with E-state index >= 15 is 0 Å². The van der Waals surface area contributed by atoms with Crippen molar-refractivity contribution >= 4 is 17.5 Å². The molecule has 0 radical (unpaired) electrons. The molecule has 2 aromatic heterocycles. The molecule has 0 bridgehead atoms. The number of halogens is 1. The maximum absolute atomic E-state index is 11.9. The molecule has 6 heteroatoms. The summed E-state index contributed by atoms with van der Waals surface area (Å²) in [5, 5.41) is 10.4. The maximum atomic E-state index is 11.9. The van der Waals surface area contributed by atoms with Crippen molar-refractivity contribution in [2.45, 2.75) is 13.0 Å². The van der Waals surface area contributed by atoms with Crippen LogP contribution in [-0.2, 0) is 0 Å².